The van der Waals surface area contributed by atoms with Gasteiger partial charge in [-0.05, 0) is 203 Å². The standard InChI is InChI=1S/C67H99F7O23S2/c1-35(12-19-54(81)91-27-9-11-56(83)97-60(66(70,71)72)67(73,74)99(88,89)90)43-15-17-46-59-48(33-52(64(43,46)7)95-37(3)76)62(5)25-23-42(94-36(2)75)29-40(62)31-50(59)96-57(84)21-14-38(13-20-55(82)92-26-8-10-53(80)93-34-65(68,69)98(85,86)87)44-16-18-45-58-47(32-51(79)63(44,45)6)61(4)24-22-41(77)28-39(61)30-49(58)78/h35,38-52,58-60,77-79H,8-34H2,1-7H3,(H,85,86,87)(H,88,89,90)/t35-,38+,39+,40+,41?,42?,43-,44-,45+,46+,47+,48+,49?,50?,51?,52?,58+,59+,60?,61+,62+,63-,64-/m1/s1. The SMILES string of the molecule is CC(=O)OC1CC[C@@]2(C)[C@@H](C1)CC(OC(=O)CC[C@H](CCC(=O)OCCCC(=O)OCC(F)(F)S(=O)(=O)O)[C@H]1CC[C@H]3[C@@H]4C(O)C[C@@H]5CC(O)CC[C@]5(C)[C@H]4CC(O)[C@]13C)[C@@H]1[C@@H]2CC(OC(C)=O)[C@]2(C)[C@@H]([C@H](C)CCC(=O)OCCCC(=O)OC(C(F)(F)F)C(F)(F)S(=O)(=O)O)CC[C@@H]12. The Kier molecular flexibility index (Phi) is 24.8. The van der Waals surface area contributed by atoms with Gasteiger partial charge in [0.2, 0.25) is 0 Å². The molecule has 32 heteroatoms. The van der Waals surface area contributed by atoms with Crippen LogP contribution < -0.4 is 0 Å². The Morgan fingerprint density at radius 1 is 0.535 bits per heavy atom. The number of alkyl halides is 7. The lowest BCUT2D eigenvalue weighted by Gasteiger charge is -2.64. The minimum absolute atomic E-state index is 0.0324. The number of carbonyl (C=O) groups excluding carboxylic acids is 7. The summed E-state index contributed by atoms with van der Waals surface area (Å²) in [5.74, 6) is -8.37. The Morgan fingerprint density at radius 3 is 1.64 bits per heavy atom. The monoisotopic (exact) mass is 1470 g/mol. The molecule has 8 fully saturated rings. The summed E-state index contributed by atoms with van der Waals surface area (Å²) in [6.45, 7) is 10.3. The first-order valence-electron chi connectivity index (χ1n) is 34.8. The largest absolute Gasteiger partial charge is 0.466 e. The van der Waals surface area contributed by atoms with Crippen LogP contribution in [0.25, 0.3) is 0 Å². The van der Waals surface area contributed by atoms with Gasteiger partial charge in [-0.2, -0.15) is 47.6 Å². The number of esters is 7. The van der Waals surface area contributed by atoms with Crippen molar-refractivity contribution in [2.24, 2.45) is 92.7 Å². The number of fused-ring (bicyclic) bond motifs is 10. The molecule has 0 amide bonds. The van der Waals surface area contributed by atoms with Gasteiger partial charge < -0.3 is 48.5 Å². The fraction of sp³-hybridized carbons (Fsp3) is 0.896. The van der Waals surface area contributed by atoms with Crippen molar-refractivity contribution < 1.29 is 139 Å². The maximum absolute atomic E-state index is 15.1. The van der Waals surface area contributed by atoms with Crippen LogP contribution in [-0.4, -0.2) is 162 Å². The van der Waals surface area contributed by atoms with E-state index in [-0.39, 0.29) is 122 Å². The summed E-state index contributed by atoms with van der Waals surface area (Å²) in [4.78, 5) is 91.8. The minimum atomic E-state index is -6.67. The number of hydrogen-bond donors (Lipinski definition) is 5. The highest BCUT2D eigenvalue weighted by atomic mass is 32.2. The van der Waals surface area contributed by atoms with Gasteiger partial charge in [0, 0.05) is 57.3 Å². The fourth-order valence-corrected chi connectivity index (χ4v) is 21.4. The highest BCUT2D eigenvalue weighted by molar-refractivity contribution is 7.87. The van der Waals surface area contributed by atoms with E-state index in [1.54, 1.807) is 0 Å². The van der Waals surface area contributed by atoms with Gasteiger partial charge in [0.1, 0.15) is 18.3 Å². The van der Waals surface area contributed by atoms with E-state index in [1.165, 1.54) is 13.8 Å². The lowest BCUT2D eigenvalue weighted by Crippen LogP contribution is -2.63. The summed E-state index contributed by atoms with van der Waals surface area (Å²) in [6, 6.07) is 0. The van der Waals surface area contributed by atoms with Crippen molar-refractivity contribution in [2.75, 3.05) is 19.8 Å². The van der Waals surface area contributed by atoms with Gasteiger partial charge in [-0.1, -0.05) is 34.6 Å². The number of halogens is 7. The van der Waals surface area contributed by atoms with Crippen LogP contribution in [0.1, 0.15) is 203 Å². The normalized spacial score (nSPS) is 36.9. The zero-order chi connectivity index (χ0) is 73.6. The number of hydrogen-bond acceptors (Lipinski definition) is 21. The molecule has 23 nitrogen and oxygen atoms in total. The van der Waals surface area contributed by atoms with Gasteiger partial charge in [0.25, 0.3) is 6.10 Å². The van der Waals surface area contributed by atoms with Crippen molar-refractivity contribution in [3.63, 3.8) is 0 Å². The Hall–Kier alpha value is -4.50. The Labute approximate surface area is 573 Å². The molecule has 99 heavy (non-hydrogen) atoms. The molecular formula is C67H99F7O23S2. The van der Waals surface area contributed by atoms with E-state index in [2.05, 4.69) is 30.2 Å². The number of carbonyl (C=O) groups is 7. The van der Waals surface area contributed by atoms with Crippen LogP contribution in [0, 0.1) is 92.7 Å². The van der Waals surface area contributed by atoms with Gasteiger partial charge >= 0.3 is 78.7 Å². The first-order valence-corrected chi connectivity index (χ1v) is 37.7. The van der Waals surface area contributed by atoms with E-state index in [1.807, 2.05) is 13.8 Å². The summed E-state index contributed by atoms with van der Waals surface area (Å²) < 4.78 is 195. The van der Waals surface area contributed by atoms with Crippen LogP contribution in [0.3, 0.4) is 0 Å². The second kappa shape index (κ2) is 30.7. The van der Waals surface area contributed by atoms with Gasteiger partial charge in [-0.15, -0.1) is 0 Å². The quantitative estimate of drug-likeness (QED) is 0.0160. The minimum Gasteiger partial charge on any atom is -0.466 e. The molecule has 7 unspecified atom stereocenters. The number of aliphatic hydroxyl groups is 3. The van der Waals surface area contributed by atoms with Gasteiger partial charge in [-0.3, -0.25) is 42.7 Å². The molecule has 0 aromatic rings. The molecule has 8 rings (SSSR count). The maximum Gasteiger partial charge on any atom is 0.432 e. The average molecular weight is 1470 g/mol. The van der Waals surface area contributed by atoms with Crippen LogP contribution in [0.5, 0.6) is 0 Å². The van der Waals surface area contributed by atoms with Crippen molar-refractivity contribution in [3.8, 4) is 0 Å². The molecule has 0 aliphatic heterocycles. The summed E-state index contributed by atoms with van der Waals surface area (Å²) in [5.41, 5.74) is -2.21. The van der Waals surface area contributed by atoms with E-state index >= 15 is 4.79 Å². The molecule has 0 aromatic heterocycles. The molecule has 8 aliphatic rings. The molecule has 0 aromatic carbocycles. The molecule has 8 saturated carbocycles. The maximum atomic E-state index is 15.1. The van der Waals surface area contributed by atoms with Crippen LogP contribution in [0.4, 0.5) is 30.7 Å². The van der Waals surface area contributed by atoms with Crippen LogP contribution in [-0.2, 0) is 87.0 Å². The van der Waals surface area contributed by atoms with Crippen LogP contribution >= 0.6 is 0 Å². The second-order valence-corrected chi connectivity index (χ2v) is 33.9. The highest BCUT2D eigenvalue weighted by Crippen LogP contribution is 2.71. The van der Waals surface area contributed by atoms with E-state index < -0.39 is 176 Å². The first kappa shape index (κ1) is 80.2. The van der Waals surface area contributed by atoms with Gasteiger partial charge in [-0.25, -0.2) is 0 Å². The summed E-state index contributed by atoms with van der Waals surface area (Å²) in [7, 11) is -12.5. The zero-order valence-electron chi connectivity index (χ0n) is 57.1. The van der Waals surface area contributed by atoms with Crippen molar-refractivity contribution >= 4 is 62.0 Å². The van der Waals surface area contributed by atoms with Crippen molar-refractivity contribution in [1.82, 2.24) is 0 Å². The van der Waals surface area contributed by atoms with E-state index in [0.717, 1.165) is 6.42 Å². The number of aliphatic hydroxyl groups excluding tert-OH is 3. The van der Waals surface area contributed by atoms with E-state index in [0.29, 0.717) is 83.5 Å². The molecule has 5 N–H and O–H groups in total. The third-order valence-corrected chi connectivity index (χ3v) is 27.3. The van der Waals surface area contributed by atoms with Gasteiger partial charge in [0.15, 0.2) is 6.61 Å². The van der Waals surface area contributed by atoms with Gasteiger partial charge in [0.05, 0.1) is 31.5 Å². The highest BCUT2D eigenvalue weighted by Gasteiger charge is 2.70. The second-order valence-electron chi connectivity index (χ2n) is 30.9. The molecule has 0 spiro atoms. The first-order chi connectivity index (χ1) is 45.8. The molecule has 0 radical (unpaired) electrons. The summed E-state index contributed by atoms with van der Waals surface area (Å²) >= 11 is 0. The van der Waals surface area contributed by atoms with E-state index in [9.17, 15) is 91.7 Å². The van der Waals surface area contributed by atoms with Crippen LogP contribution in [0.15, 0.2) is 0 Å². The average Bonchev–Trinajstić information content (AvgIpc) is 1.68. The smallest absolute Gasteiger partial charge is 0.432 e. The third-order valence-electron chi connectivity index (χ3n) is 25.6. The number of ether oxygens (including phenoxy) is 7. The lowest BCUT2D eigenvalue weighted by atomic mass is 9.43. The summed E-state index contributed by atoms with van der Waals surface area (Å²) in [6.07, 6.45) is -8.81. The lowest BCUT2D eigenvalue weighted by molar-refractivity contribution is -0.259. The molecule has 23 atom stereocenters. The van der Waals surface area contributed by atoms with Crippen molar-refractivity contribution in [1.29, 1.82) is 0 Å². The predicted octanol–water partition coefficient (Wildman–Crippen LogP) is 9.82. The molecule has 0 bridgehead atoms. The molecule has 0 saturated heterocycles. The summed E-state index contributed by atoms with van der Waals surface area (Å²) in [5, 5.41) is 24.8. The number of rotatable bonds is 28. The van der Waals surface area contributed by atoms with Crippen LogP contribution in [0.2, 0.25) is 0 Å². The third kappa shape index (κ3) is 17.0. The molecule has 0 heterocycles. The van der Waals surface area contributed by atoms with Crippen molar-refractivity contribution in [2.45, 2.75) is 262 Å². The Balaban J connectivity index is 0.988. The predicted molar refractivity (Wildman–Crippen MR) is 332 cm³/mol. The topological polar surface area (TPSA) is 354 Å². The molecule has 566 valence electrons. The van der Waals surface area contributed by atoms with E-state index in [4.69, 9.17) is 32.8 Å². The Morgan fingerprint density at radius 2 is 1.06 bits per heavy atom. The molecular weight excluding hydrogens is 1370 g/mol. The molecule has 8 aliphatic carbocycles. The fourth-order valence-electron chi connectivity index (χ4n) is 20.7. The Bertz CT molecular complexity index is 3180. The van der Waals surface area contributed by atoms with Crippen molar-refractivity contribution in [3.05, 3.63) is 0 Å². The zero-order valence-corrected chi connectivity index (χ0v) is 58.7.